The number of hydrogen-bond acceptors (Lipinski definition) is 1. The SMILES string of the molecule is C(=C\[n+]1ccccc1)/c1cccs1.[Cl-]. The van der Waals surface area contributed by atoms with Gasteiger partial charge in [0.25, 0.3) is 0 Å². The highest BCUT2D eigenvalue weighted by Crippen LogP contribution is 2.09. The van der Waals surface area contributed by atoms with Crippen molar-refractivity contribution in [3.05, 3.63) is 53.0 Å². The van der Waals surface area contributed by atoms with Gasteiger partial charge in [0.2, 0.25) is 0 Å². The summed E-state index contributed by atoms with van der Waals surface area (Å²) in [4.78, 5) is 1.27. The highest BCUT2D eigenvalue weighted by Gasteiger charge is 1.91. The molecular formula is C11H10ClNS. The van der Waals surface area contributed by atoms with Gasteiger partial charge in [0.1, 0.15) is 0 Å². The predicted octanol–water partition coefficient (Wildman–Crippen LogP) is -0.333. The van der Waals surface area contributed by atoms with Crippen molar-refractivity contribution in [2.75, 3.05) is 0 Å². The van der Waals surface area contributed by atoms with E-state index >= 15 is 0 Å². The van der Waals surface area contributed by atoms with Gasteiger partial charge in [-0.15, -0.1) is 11.3 Å². The van der Waals surface area contributed by atoms with Crippen molar-refractivity contribution in [2.24, 2.45) is 0 Å². The number of rotatable bonds is 2. The molecule has 0 aromatic carbocycles. The number of halogens is 1. The zero-order valence-electron chi connectivity index (χ0n) is 7.51. The second kappa shape index (κ2) is 5.58. The Balaban J connectivity index is 0.000000980. The van der Waals surface area contributed by atoms with Crippen LogP contribution in [0.4, 0.5) is 0 Å². The number of pyridine rings is 1. The molecule has 0 spiro atoms. The molecule has 2 aromatic heterocycles. The second-order valence-electron chi connectivity index (χ2n) is 2.65. The monoisotopic (exact) mass is 223 g/mol. The van der Waals surface area contributed by atoms with Crippen molar-refractivity contribution >= 4 is 23.6 Å². The lowest BCUT2D eigenvalue weighted by molar-refractivity contribution is -0.567. The largest absolute Gasteiger partial charge is 1.00 e. The van der Waals surface area contributed by atoms with Crippen LogP contribution in [-0.2, 0) is 0 Å². The molecule has 2 rings (SSSR count). The van der Waals surface area contributed by atoms with Gasteiger partial charge >= 0.3 is 0 Å². The van der Waals surface area contributed by atoms with Crippen LogP contribution < -0.4 is 17.0 Å². The maximum Gasteiger partial charge on any atom is 0.175 e. The molecule has 2 aromatic rings. The van der Waals surface area contributed by atoms with Crippen molar-refractivity contribution in [3.8, 4) is 0 Å². The number of aromatic nitrogens is 1. The molecule has 0 unspecified atom stereocenters. The van der Waals surface area contributed by atoms with Gasteiger partial charge in [-0.2, -0.15) is 4.57 Å². The molecule has 0 N–H and O–H groups in total. The van der Waals surface area contributed by atoms with Crippen LogP contribution in [0.15, 0.2) is 48.1 Å². The van der Waals surface area contributed by atoms with Gasteiger partial charge in [0.05, 0.1) is 0 Å². The van der Waals surface area contributed by atoms with Gasteiger partial charge in [-0.1, -0.05) is 12.1 Å². The van der Waals surface area contributed by atoms with Gasteiger partial charge in [-0.25, -0.2) is 0 Å². The van der Waals surface area contributed by atoms with E-state index in [0.717, 1.165) is 0 Å². The van der Waals surface area contributed by atoms with E-state index < -0.39 is 0 Å². The Hall–Kier alpha value is -1.12. The summed E-state index contributed by atoms with van der Waals surface area (Å²) in [5, 5.41) is 2.08. The standard InChI is InChI=1S/C11H10NS.ClH/c1-2-7-12(8-3-1)9-6-11-5-4-10-13-11;/h1-10H;1H/q+1;/p-1/b9-6+;. The number of thiophene rings is 1. The van der Waals surface area contributed by atoms with E-state index in [-0.39, 0.29) is 12.4 Å². The second-order valence-corrected chi connectivity index (χ2v) is 3.63. The zero-order chi connectivity index (χ0) is 8.93. The van der Waals surface area contributed by atoms with Crippen molar-refractivity contribution in [1.82, 2.24) is 0 Å². The molecule has 0 atom stereocenters. The molecular weight excluding hydrogens is 214 g/mol. The zero-order valence-corrected chi connectivity index (χ0v) is 9.08. The molecule has 2 heterocycles. The topological polar surface area (TPSA) is 3.88 Å². The van der Waals surface area contributed by atoms with Crippen LogP contribution in [0.3, 0.4) is 0 Å². The minimum absolute atomic E-state index is 0. The van der Waals surface area contributed by atoms with Gasteiger partial charge in [0.15, 0.2) is 18.6 Å². The van der Waals surface area contributed by atoms with Crippen molar-refractivity contribution < 1.29 is 17.0 Å². The average molecular weight is 224 g/mol. The molecule has 0 aliphatic heterocycles. The minimum atomic E-state index is 0. The first kappa shape index (κ1) is 11.0. The summed E-state index contributed by atoms with van der Waals surface area (Å²) in [5.74, 6) is 0. The third kappa shape index (κ3) is 2.98. The third-order valence-electron chi connectivity index (χ3n) is 1.69. The summed E-state index contributed by atoms with van der Waals surface area (Å²) in [6, 6.07) is 10.2. The number of nitrogens with zero attached hydrogens (tertiary/aromatic N) is 1. The first-order chi connectivity index (χ1) is 6.45. The molecule has 0 saturated carbocycles. The minimum Gasteiger partial charge on any atom is -1.00 e. The molecule has 0 saturated heterocycles. The van der Waals surface area contributed by atoms with Crippen molar-refractivity contribution in [3.63, 3.8) is 0 Å². The van der Waals surface area contributed by atoms with E-state index in [9.17, 15) is 0 Å². The van der Waals surface area contributed by atoms with Crippen LogP contribution in [0.5, 0.6) is 0 Å². The summed E-state index contributed by atoms with van der Waals surface area (Å²) in [6.07, 6.45) is 8.19. The van der Waals surface area contributed by atoms with E-state index in [1.54, 1.807) is 11.3 Å². The summed E-state index contributed by atoms with van der Waals surface area (Å²) in [7, 11) is 0. The van der Waals surface area contributed by atoms with Gasteiger partial charge in [-0.3, -0.25) is 0 Å². The van der Waals surface area contributed by atoms with Crippen LogP contribution in [0, 0.1) is 0 Å². The Morgan fingerprint density at radius 1 is 1.07 bits per heavy atom. The van der Waals surface area contributed by atoms with E-state index in [1.165, 1.54) is 4.88 Å². The molecule has 72 valence electrons. The van der Waals surface area contributed by atoms with Crippen molar-refractivity contribution in [1.29, 1.82) is 0 Å². The lowest BCUT2D eigenvalue weighted by Gasteiger charge is -1.84. The summed E-state index contributed by atoms with van der Waals surface area (Å²) in [6.45, 7) is 0. The summed E-state index contributed by atoms with van der Waals surface area (Å²) >= 11 is 1.74. The third-order valence-corrected chi connectivity index (χ3v) is 2.53. The summed E-state index contributed by atoms with van der Waals surface area (Å²) < 4.78 is 2.03. The quantitative estimate of drug-likeness (QED) is 0.614. The van der Waals surface area contributed by atoms with E-state index in [0.29, 0.717) is 0 Å². The highest BCUT2D eigenvalue weighted by atomic mass is 35.5. The van der Waals surface area contributed by atoms with Gasteiger partial charge in [-0.05, 0) is 11.4 Å². The maximum atomic E-state index is 2.10. The number of hydrogen-bond donors (Lipinski definition) is 0. The van der Waals surface area contributed by atoms with E-state index in [1.807, 2.05) is 41.4 Å². The highest BCUT2D eigenvalue weighted by molar-refractivity contribution is 7.10. The average Bonchev–Trinajstić information content (AvgIpc) is 2.69. The van der Waals surface area contributed by atoms with Crippen molar-refractivity contribution in [2.45, 2.75) is 0 Å². The molecule has 1 nitrogen and oxygen atoms in total. The van der Waals surface area contributed by atoms with Gasteiger partial charge in [0, 0.05) is 23.1 Å². The van der Waals surface area contributed by atoms with E-state index in [2.05, 4.69) is 23.6 Å². The first-order valence-electron chi connectivity index (χ1n) is 4.13. The lowest BCUT2D eigenvalue weighted by atomic mass is 10.4. The van der Waals surface area contributed by atoms with Crippen LogP contribution in [0.1, 0.15) is 4.88 Å². The fourth-order valence-corrected chi connectivity index (χ4v) is 1.67. The molecule has 0 fully saturated rings. The fourth-order valence-electron chi connectivity index (χ4n) is 1.06. The molecule has 0 amide bonds. The van der Waals surface area contributed by atoms with Gasteiger partial charge < -0.3 is 12.4 Å². The van der Waals surface area contributed by atoms with Crippen LogP contribution in [-0.4, -0.2) is 0 Å². The Morgan fingerprint density at radius 2 is 1.86 bits per heavy atom. The molecule has 0 aliphatic rings. The van der Waals surface area contributed by atoms with Crippen LogP contribution in [0.25, 0.3) is 12.3 Å². The van der Waals surface area contributed by atoms with Crippen LogP contribution in [0.2, 0.25) is 0 Å². The first-order valence-corrected chi connectivity index (χ1v) is 5.00. The Morgan fingerprint density at radius 3 is 2.50 bits per heavy atom. The lowest BCUT2D eigenvalue weighted by Crippen LogP contribution is -3.00. The van der Waals surface area contributed by atoms with Crippen LogP contribution >= 0.6 is 11.3 Å². The molecule has 14 heavy (non-hydrogen) atoms. The Bertz CT molecular complexity index is 381. The maximum absolute atomic E-state index is 2.10. The summed E-state index contributed by atoms with van der Waals surface area (Å²) in [5.41, 5.74) is 0. The Labute approximate surface area is 93.8 Å². The molecule has 0 radical (unpaired) electrons. The molecule has 0 bridgehead atoms. The molecule has 3 heteroatoms. The Kier molecular flexibility index (Phi) is 4.36. The normalized spacial score (nSPS) is 10.0. The molecule has 0 aliphatic carbocycles. The smallest absolute Gasteiger partial charge is 0.175 e. The fraction of sp³-hybridized carbons (Fsp3) is 0. The predicted molar refractivity (Wildman–Crippen MR) is 56.2 cm³/mol. The van der Waals surface area contributed by atoms with E-state index in [4.69, 9.17) is 0 Å².